The molecule has 0 N–H and O–H groups in total. The molecule has 4 heteroatoms. The number of rotatable bonds is 0. The Morgan fingerprint density at radius 3 is 0.558 bits per heavy atom. The summed E-state index contributed by atoms with van der Waals surface area (Å²) in [5.41, 5.74) is 30.2. The van der Waals surface area contributed by atoms with Gasteiger partial charge in [0.2, 0.25) is 0 Å². The molecule has 4 heterocycles. The van der Waals surface area contributed by atoms with Crippen molar-refractivity contribution in [3.8, 4) is 0 Å². The van der Waals surface area contributed by atoms with E-state index in [-0.39, 0.29) is 21.7 Å². The molecule has 3 nitrogen and oxygen atoms in total. The lowest BCUT2D eigenvalue weighted by Crippen LogP contribution is -2.68. The van der Waals surface area contributed by atoms with E-state index in [2.05, 4.69) is 376 Å². The zero-order valence-electron chi connectivity index (χ0n) is 80.3. The average molecular weight is 1450 g/mol. The molecule has 6 bridgehead atoms. The number of hydrogen-bond acceptors (Lipinski definition) is 2. The molecular weight excluding hydrogens is 1280 g/mol. The van der Waals surface area contributed by atoms with Gasteiger partial charge in [-0.15, -0.1) is 11.3 Å². The standard InChI is InChI=1S/C17H30.C17H32.2C16H30.2C9H15N.C8H12O.C8H12S/c1-14(2)11-8-17(7)9-12(14)16(5,6)13(10-17)15(11,3)4;1-12(2)13(3,4)17(10)11-16(12,9)14(5,6)15(17,7)8;2*1-11-12(2)14(5,6)16(9,10)15(7,8)13(11,3)4;2*1-6-7(2)9(4)10(5)8(6)3;2*1-5-6(2)8(4)9-7(5)3/h11-13H,8-10H2,1-7H3;11H2,1-10H3;2*1-10H3;2*1-5H3;2*1-4H3. The van der Waals surface area contributed by atoms with E-state index in [1.807, 2.05) is 25.2 Å². The molecule has 6 saturated carbocycles. The van der Waals surface area contributed by atoms with Crippen LogP contribution in [-0.2, 0) is 14.1 Å². The Kier molecular flexibility index (Phi) is 25.5. The van der Waals surface area contributed by atoms with E-state index < -0.39 is 0 Å². The number of aromatic nitrogens is 2. The Balaban J connectivity index is 0.000000255. The Morgan fingerprint density at radius 1 is 0.260 bits per heavy atom. The fraction of sp³-hybridized carbons (Fsp3) is 0.800. The number of hydrogen-bond donors (Lipinski definition) is 0. The van der Waals surface area contributed by atoms with Gasteiger partial charge >= 0.3 is 0 Å². The van der Waals surface area contributed by atoms with Crippen molar-refractivity contribution in [1.29, 1.82) is 0 Å². The maximum Gasteiger partial charge on any atom is 0.104 e. The highest BCUT2D eigenvalue weighted by atomic mass is 32.1. The Labute approximate surface area is 653 Å². The first kappa shape index (κ1) is 93.4. The molecule has 8 aliphatic carbocycles. The van der Waals surface area contributed by atoms with Gasteiger partial charge in [0.15, 0.2) is 0 Å². The number of allylic oxidation sites excluding steroid dienone is 4. The normalized spacial score (nSPS) is 29.7. The van der Waals surface area contributed by atoms with Crippen LogP contribution in [-0.4, -0.2) is 9.13 Å². The highest BCUT2D eigenvalue weighted by Crippen LogP contribution is 2.88. The van der Waals surface area contributed by atoms with Crippen LogP contribution in [0.3, 0.4) is 0 Å². The predicted molar refractivity (Wildman–Crippen MR) is 466 cm³/mol. The number of furan rings is 1. The van der Waals surface area contributed by atoms with Crippen LogP contribution in [0.15, 0.2) is 26.7 Å². The molecule has 0 saturated heterocycles. The fourth-order valence-corrected chi connectivity index (χ4v) is 25.2. The van der Waals surface area contributed by atoms with Crippen molar-refractivity contribution >= 4 is 11.3 Å². The second-order valence-electron chi connectivity index (χ2n) is 45.3. The van der Waals surface area contributed by atoms with Crippen molar-refractivity contribution in [1.82, 2.24) is 9.13 Å². The van der Waals surface area contributed by atoms with E-state index in [9.17, 15) is 0 Å². The molecule has 0 radical (unpaired) electrons. The molecule has 0 spiro atoms. The lowest BCUT2D eigenvalue weighted by atomic mass is 9.30. The molecule has 104 heavy (non-hydrogen) atoms. The predicted octanol–water partition coefficient (Wildman–Crippen LogP) is 31.5. The largest absolute Gasteiger partial charge is 0.466 e. The van der Waals surface area contributed by atoms with E-state index in [0.29, 0.717) is 75.8 Å². The lowest BCUT2D eigenvalue weighted by molar-refractivity contribution is -0.263. The Morgan fingerprint density at radius 2 is 0.442 bits per heavy atom. The van der Waals surface area contributed by atoms with Crippen molar-refractivity contribution in [2.24, 2.45) is 129 Å². The molecule has 4 aromatic heterocycles. The van der Waals surface area contributed by atoms with Crippen LogP contribution in [0.2, 0.25) is 0 Å². The summed E-state index contributed by atoms with van der Waals surface area (Å²) in [6.07, 6.45) is 5.82. The van der Waals surface area contributed by atoms with Gasteiger partial charge < -0.3 is 13.6 Å². The molecule has 12 rings (SSSR count). The number of nitrogens with zero attached hydrogens (tertiary/aromatic N) is 2. The van der Waals surface area contributed by atoms with Crippen LogP contribution in [0.5, 0.6) is 0 Å². The molecule has 0 unspecified atom stereocenters. The van der Waals surface area contributed by atoms with Gasteiger partial charge in [0.05, 0.1) is 0 Å². The number of aryl methyl sites for hydroxylation is 4. The maximum atomic E-state index is 5.34. The van der Waals surface area contributed by atoms with Gasteiger partial charge in [0.1, 0.15) is 11.5 Å². The van der Waals surface area contributed by atoms with Gasteiger partial charge in [-0.2, -0.15) is 0 Å². The smallest absolute Gasteiger partial charge is 0.104 e. The van der Waals surface area contributed by atoms with Crippen molar-refractivity contribution in [2.75, 3.05) is 0 Å². The quantitative estimate of drug-likeness (QED) is 0.161. The topological polar surface area (TPSA) is 23.0 Å². The van der Waals surface area contributed by atoms with E-state index in [0.717, 1.165) is 29.3 Å². The summed E-state index contributed by atoms with van der Waals surface area (Å²) >= 11 is 1.90. The van der Waals surface area contributed by atoms with Crippen LogP contribution in [0.25, 0.3) is 0 Å². The molecule has 6 fully saturated rings. The molecule has 0 aliphatic heterocycles. The zero-order valence-corrected chi connectivity index (χ0v) is 81.1. The first-order valence-corrected chi connectivity index (χ1v) is 42.1. The molecule has 0 atom stereocenters. The number of thiophene rings is 1. The molecule has 4 aromatic rings. The van der Waals surface area contributed by atoms with Gasteiger partial charge in [-0.1, -0.05) is 251 Å². The molecule has 598 valence electrons. The third-order valence-corrected chi connectivity index (χ3v) is 41.5. The average Bonchev–Trinajstić information content (AvgIpc) is 1.46. The second-order valence-corrected chi connectivity index (χ2v) is 46.7. The SMILES string of the molecule is CC1(C)C(C)(C)C2(C)CC1(C)C(C)(C)C2(C)C.CC12CC3C(C)(C)C(C1)C(C)(C)C(C2)C3(C)C.CC1=C(C)C(C)(C)C(C)(C)C(C)(C)C1(C)C.CC1=C(C)C(C)(C)C(C)(C)C(C)(C)C1(C)C.Cc1c(C)c(C)n(C)c1C.Cc1c(C)c(C)n(C)c1C.Cc1oc(C)c(C)c1C.Cc1sc(C)c(C)c1C. The van der Waals surface area contributed by atoms with Crippen LogP contribution in [0.1, 0.15) is 370 Å². The number of fused-ring (bicyclic) bond motifs is 2. The fourth-order valence-electron chi connectivity index (χ4n) is 24.1. The summed E-state index contributed by atoms with van der Waals surface area (Å²) in [7, 11) is 4.23. The third-order valence-electron chi connectivity index (χ3n) is 40.2. The van der Waals surface area contributed by atoms with Crippen molar-refractivity contribution in [3.05, 3.63) is 111 Å². The van der Waals surface area contributed by atoms with Gasteiger partial charge in [0, 0.05) is 46.6 Å². The summed E-state index contributed by atoms with van der Waals surface area (Å²) < 4.78 is 9.83. The first-order chi connectivity index (χ1) is 45.7. The van der Waals surface area contributed by atoms with Gasteiger partial charge in [-0.05, 0) is 324 Å². The minimum absolute atomic E-state index is 0.274. The molecular formula is C100H176N2OS. The van der Waals surface area contributed by atoms with E-state index in [1.54, 1.807) is 22.3 Å². The minimum atomic E-state index is 0.274. The van der Waals surface area contributed by atoms with Crippen LogP contribution >= 0.6 is 11.3 Å². The van der Waals surface area contributed by atoms with Crippen LogP contribution in [0.4, 0.5) is 0 Å². The molecule has 0 aromatic carbocycles. The minimum Gasteiger partial charge on any atom is -0.466 e. The first-order valence-electron chi connectivity index (χ1n) is 41.3. The zero-order chi connectivity index (χ0) is 82.7. The summed E-state index contributed by atoms with van der Waals surface area (Å²) in [5.74, 6) is 4.90. The van der Waals surface area contributed by atoms with E-state index in [1.165, 1.54) is 103 Å². The van der Waals surface area contributed by atoms with Crippen molar-refractivity contribution in [3.63, 3.8) is 0 Å². The lowest BCUT2D eigenvalue weighted by Gasteiger charge is -2.75. The Hall–Kier alpha value is -2.98. The monoisotopic (exact) mass is 1450 g/mol. The maximum absolute atomic E-state index is 5.34. The summed E-state index contributed by atoms with van der Waals surface area (Å²) in [4.78, 5) is 2.93. The van der Waals surface area contributed by atoms with E-state index in [4.69, 9.17) is 4.42 Å². The van der Waals surface area contributed by atoms with E-state index >= 15 is 0 Å². The molecule has 0 amide bonds. The highest BCUT2D eigenvalue weighted by molar-refractivity contribution is 7.12. The summed E-state index contributed by atoms with van der Waals surface area (Å²) in [6.45, 7) is 125. The van der Waals surface area contributed by atoms with Gasteiger partial charge in [0.25, 0.3) is 0 Å². The van der Waals surface area contributed by atoms with Crippen molar-refractivity contribution < 1.29 is 4.42 Å². The van der Waals surface area contributed by atoms with Crippen molar-refractivity contribution in [2.45, 2.75) is 393 Å². The summed E-state index contributed by atoms with van der Waals surface area (Å²) in [5, 5.41) is 0. The second kappa shape index (κ2) is 28.3. The molecule has 8 aliphatic rings. The summed E-state index contributed by atoms with van der Waals surface area (Å²) in [6, 6.07) is 0. The van der Waals surface area contributed by atoms with Gasteiger partial charge in [-0.25, -0.2) is 0 Å². The van der Waals surface area contributed by atoms with Crippen LogP contribution in [0, 0.1) is 226 Å². The third kappa shape index (κ3) is 13.4. The van der Waals surface area contributed by atoms with Gasteiger partial charge in [-0.3, -0.25) is 0 Å². The van der Waals surface area contributed by atoms with Crippen LogP contribution < -0.4 is 0 Å². The highest BCUT2D eigenvalue weighted by Gasteiger charge is 2.82. The Bertz CT molecular complexity index is 3260.